The molecular formula is C12H23N3O3S2. The molecule has 6 nitrogen and oxygen atoms in total. The zero-order valence-corrected chi connectivity index (χ0v) is 13.4. The number of carbonyl (C=O) groups is 1. The second kappa shape index (κ2) is 7.11. The fraction of sp³-hybridized carbons (Fsp3) is 0.917. The lowest BCUT2D eigenvalue weighted by molar-refractivity contribution is -0.133. The molecule has 0 spiro atoms. The first-order valence-corrected chi connectivity index (χ1v) is 9.92. The predicted molar refractivity (Wildman–Crippen MR) is 81.1 cm³/mol. The molecule has 0 aromatic heterocycles. The normalized spacial score (nSPS) is 25.1. The summed E-state index contributed by atoms with van der Waals surface area (Å²) in [5.74, 6) is 2.01. The Balaban J connectivity index is 1.78. The monoisotopic (exact) mass is 321 g/mol. The van der Waals surface area contributed by atoms with E-state index in [0.29, 0.717) is 32.4 Å². The minimum absolute atomic E-state index is 0.0264. The van der Waals surface area contributed by atoms with E-state index in [0.717, 1.165) is 11.6 Å². The van der Waals surface area contributed by atoms with Crippen LogP contribution in [0.2, 0.25) is 0 Å². The Bertz CT molecular complexity index is 427. The van der Waals surface area contributed by atoms with Crippen molar-refractivity contribution in [2.24, 2.45) is 0 Å². The molecule has 0 aliphatic carbocycles. The molecule has 2 N–H and O–H groups in total. The van der Waals surface area contributed by atoms with Crippen molar-refractivity contribution in [3.8, 4) is 0 Å². The summed E-state index contributed by atoms with van der Waals surface area (Å²) < 4.78 is 26.2. The summed E-state index contributed by atoms with van der Waals surface area (Å²) in [7, 11) is -3.15. The third kappa shape index (κ3) is 4.34. The van der Waals surface area contributed by atoms with E-state index in [1.165, 1.54) is 0 Å². The second-order valence-corrected chi connectivity index (χ2v) is 8.21. The molecular weight excluding hydrogens is 298 g/mol. The molecule has 0 aromatic carbocycles. The van der Waals surface area contributed by atoms with Gasteiger partial charge in [0, 0.05) is 30.8 Å². The van der Waals surface area contributed by atoms with Crippen molar-refractivity contribution in [2.75, 3.05) is 30.5 Å². The Morgan fingerprint density at radius 1 is 1.40 bits per heavy atom. The van der Waals surface area contributed by atoms with Crippen molar-refractivity contribution in [3.63, 3.8) is 0 Å². The third-order valence-corrected chi connectivity index (χ3v) is 6.22. The fourth-order valence-electron chi connectivity index (χ4n) is 2.57. The molecule has 1 unspecified atom stereocenters. The Labute approximate surface area is 125 Å². The van der Waals surface area contributed by atoms with Gasteiger partial charge >= 0.3 is 0 Å². The first-order chi connectivity index (χ1) is 9.52. The molecule has 116 valence electrons. The van der Waals surface area contributed by atoms with Gasteiger partial charge in [0.1, 0.15) is 0 Å². The number of carbonyl (C=O) groups excluding carboxylic acids is 1. The minimum atomic E-state index is -3.15. The van der Waals surface area contributed by atoms with E-state index in [9.17, 15) is 13.2 Å². The van der Waals surface area contributed by atoms with Crippen molar-refractivity contribution >= 4 is 27.7 Å². The Morgan fingerprint density at radius 3 is 2.65 bits per heavy atom. The van der Waals surface area contributed by atoms with Gasteiger partial charge in [-0.25, -0.2) is 13.1 Å². The van der Waals surface area contributed by atoms with E-state index >= 15 is 0 Å². The minimum Gasteiger partial charge on any atom is -0.341 e. The van der Waals surface area contributed by atoms with Gasteiger partial charge in [-0.15, -0.1) is 11.8 Å². The zero-order valence-electron chi connectivity index (χ0n) is 11.8. The number of amides is 1. The average molecular weight is 321 g/mol. The molecule has 1 atom stereocenters. The molecule has 0 radical (unpaired) electrons. The maximum Gasteiger partial charge on any atom is 0.240 e. The standard InChI is InChI=1S/C12H23N3O3S2/c1-2-7-20(17,18)14-10-3-5-15(6-4-10)12(16)11-8-19-9-13-11/h10-11,13-14H,2-9H2,1H3. The van der Waals surface area contributed by atoms with E-state index in [4.69, 9.17) is 0 Å². The van der Waals surface area contributed by atoms with E-state index in [1.807, 2.05) is 11.8 Å². The first kappa shape index (κ1) is 16.1. The predicted octanol–water partition coefficient (Wildman–Crippen LogP) is -0.0307. The lowest BCUT2D eigenvalue weighted by Gasteiger charge is -2.33. The lowest BCUT2D eigenvalue weighted by Crippen LogP contribution is -2.51. The molecule has 2 heterocycles. The summed E-state index contributed by atoms with van der Waals surface area (Å²) in [5.41, 5.74) is 0. The maximum atomic E-state index is 12.2. The molecule has 2 saturated heterocycles. The summed E-state index contributed by atoms with van der Waals surface area (Å²) in [6.07, 6.45) is 2.03. The van der Waals surface area contributed by atoms with E-state index < -0.39 is 10.0 Å². The summed E-state index contributed by atoms with van der Waals surface area (Å²) in [6, 6.07) is -0.0881. The Kier molecular flexibility index (Phi) is 5.71. The number of piperidine rings is 1. The molecule has 0 saturated carbocycles. The SMILES string of the molecule is CCCS(=O)(=O)NC1CCN(C(=O)C2CSCN2)CC1. The van der Waals surface area contributed by atoms with Gasteiger partial charge in [-0.2, -0.15) is 0 Å². The van der Waals surface area contributed by atoms with Crippen LogP contribution in [0.25, 0.3) is 0 Å². The molecule has 2 rings (SSSR count). The second-order valence-electron chi connectivity index (χ2n) is 5.31. The fourth-order valence-corrected chi connectivity index (χ4v) is 4.91. The highest BCUT2D eigenvalue weighted by Crippen LogP contribution is 2.16. The third-order valence-electron chi connectivity index (χ3n) is 3.64. The molecule has 0 bridgehead atoms. The number of thioether (sulfide) groups is 1. The van der Waals surface area contributed by atoms with Gasteiger partial charge in [0.15, 0.2) is 0 Å². The number of nitrogens with one attached hydrogen (secondary N) is 2. The van der Waals surface area contributed by atoms with Gasteiger partial charge in [0.25, 0.3) is 0 Å². The van der Waals surface area contributed by atoms with Crippen LogP contribution in [0.3, 0.4) is 0 Å². The van der Waals surface area contributed by atoms with E-state index in [-0.39, 0.29) is 23.7 Å². The van der Waals surface area contributed by atoms with Crippen LogP contribution >= 0.6 is 11.8 Å². The highest BCUT2D eigenvalue weighted by molar-refractivity contribution is 7.99. The number of hydrogen-bond acceptors (Lipinski definition) is 5. The van der Waals surface area contributed by atoms with Crippen LogP contribution in [0.5, 0.6) is 0 Å². The zero-order chi connectivity index (χ0) is 14.6. The topological polar surface area (TPSA) is 78.5 Å². The molecule has 2 aliphatic rings. The summed E-state index contributed by atoms with van der Waals surface area (Å²) >= 11 is 1.74. The number of nitrogens with zero attached hydrogens (tertiary/aromatic N) is 1. The van der Waals surface area contributed by atoms with Gasteiger partial charge in [-0.05, 0) is 19.3 Å². The van der Waals surface area contributed by atoms with Crippen LogP contribution in [0, 0.1) is 0 Å². The first-order valence-electron chi connectivity index (χ1n) is 7.12. The molecule has 8 heteroatoms. The maximum absolute atomic E-state index is 12.2. The van der Waals surface area contributed by atoms with Crippen molar-refractivity contribution in [2.45, 2.75) is 38.3 Å². The number of likely N-dealkylation sites (tertiary alicyclic amines) is 1. The smallest absolute Gasteiger partial charge is 0.240 e. The van der Waals surface area contributed by atoms with Crippen LogP contribution in [0.15, 0.2) is 0 Å². The van der Waals surface area contributed by atoms with Gasteiger partial charge in [0.05, 0.1) is 11.8 Å². The molecule has 1 amide bonds. The molecule has 2 aliphatic heterocycles. The quantitative estimate of drug-likeness (QED) is 0.743. The van der Waals surface area contributed by atoms with E-state index in [2.05, 4.69) is 10.0 Å². The highest BCUT2D eigenvalue weighted by Gasteiger charge is 2.31. The van der Waals surface area contributed by atoms with Crippen molar-refractivity contribution in [1.29, 1.82) is 0 Å². The van der Waals surface area contributed by atoms with Crippen LogP contribution in [0.4, 0.5) is 0 Å². The summed E-state index contributed by atoms with van der Waals surface area (Å²) in [5, 5.41) is 3.18. The van der Waals surface area contributed by atoms with Crippen molar-refractivity contribution in [3.05, 3.63) is 0 Å². The van der Waals surface area contributed by atoms with Crippen LogP contribution in [-0.2, 0) is 14.8 Å². The van der Waals surface area contributed by atoms with E-state index in [1.54, 1.807) is 11.8 Å². The van der Waals surface area contributed by atoms with Gasteiger partial charge < -0.3 is 4.90 Å². The molecule has 2 fully saturated rings. The van der Waals surface area contributed by atoms with Crippen LogP contribution in [0.1, 0.15) is 26.2 Å². The molecule has 0 aromatic rings. The van der Waals surface area contributed by atoms with Gasteiger partial charge in [0.2, 0.25) is 15.9 Å². The van der Waals surface area contributed by atoms with Crippen molar-refractivity contribution < 1.29 is 13.2 Å². The van der Waals surface area contributed by atoms with Gasteiger partial charge in [-0.1, -0.05) is 6.92 Å². The summed E-state index contributed by atoms with van der Waals surface area (Å²) in [6.45, 7) is 3.13. The molecule has 20 heavy (non-hydrogen) atoms. The Morgan fingerprint density at radius 2 is 2.10 bits per heavy atom. The highest BCUT2D eigenvalue weighted by atomic mass is 32.2. The largest absolute Gasteiger partial charge is 0.341 e. The van der Waals surface area contributed by atoms with Gasteiger partial charge in [-0.3, -0.25) is 10.1 Å². The number of rotatable bonds is 5. The lowest BCUT2D eigenvalue weighted by atomic mass is 10.1. The van der Waals surface area contributed by atoms with Crippen molar-refractivity contribution in [1.82, 2.24) is 14.9 Å². The average Bonchev–Trinajstić information content (AvgIpc) is 2.92. The number of hydrogen-bond donors (Lipinski definition) is 2. The van der Waals surface area contributed by atoms with Crippen LogP contribution < -0.4 is 10.0 Å². The number of sulfonamides is 1. The van der Waals surface area contributed by atoms with Crippen LogP contribution in [-0.4, -0.2) is 61.8 Å². The summed E-state index contributed by atoms with van der Waals surface area (Å²) in [4.78, 5) is 14.1. The Hall–Kier alpha value is -0.310.